The summed E-state index contributed by atoms with van der Waals surface area (Å²) in [5.41, 5.74) is -0.741. The highest BCUT2D eigenvalue weighted by molar-refractivity contribution is 5.76. The zero-order valence-electron chi connectivity index (χ0n) is 17.9. The summed E-state index contributed by atoms with van der Waals surface area (Å²) >= 11 is 0. The Hall–Kier alpha value is -4.48. The first-order valence-electron chi connectivity index (χ1n) is 10.1. The molecule has 2 aromatic carbocycles. The van der Waals surface area contributed by atoms with E-state index < -0.39 is 17.1 Å². The molecule has 0 spiro atoms. The quantitative estimate of drug-likeness (QED) is 0.436. The summed E-state index contributed by atoms with van der Waals surface area (Å²) in [6.45, 7) is 0.235. The summed E-state index contributed by atoms with van der Waals surface area (Å²) in [7, 11) is 1.27. The van der Waals surface area contributed by atoms with E-state index in [1.807, 2.05) is 0 Å². The van der Waals surface area contributed by atoms with Crippen LogP contribution in [-0.4, -0.2) is 30.4 Å². The van der Waals surface area contributed by atoms with E-state index in [9.17, 15) is 23.2 Å². The van der Waals surface area contributed by atoms with E-state index in [2.05, 4.69) is 20.6 Å². The van der Waals surface area contributed by atoms with Crippen LogP contribution in [0.1, 0.15) is 17.9 Å². The van der Waals surface area contributed by atoms with Crippen LogP contribution in [-0.2, 0) is 24.8 Å². The maximum atomic E-state index is 13.2. The fraction of sp³-hybridized carbons (Fsp3) is 0.182. The Morgan fingerprint density at radius 3 is 2.35 bits per heavy atom. The Kier molecular flexibility index (Phi) is 6.39. The maximum absolute atomic E-state index is 13.2. The Morgan fingerprint density at radius 2 is 1.68 bits per heavy atom. The summed E-state index contributed by atoms with van der Waals surface area (Å²) in [6, 6.07) is 10.7. The first kappa shape index (κ1) is 22.7. The van der Waals surface area contributed by atoms with Crippen LogP contribution in [0.2, 0.25) is 0 Å². The number of hydrogen-bond acceptors (Lipinski definition) is 7. The summed E-state index contributed by atoms with van der Waals surface area (Å²) < 4.78 is 33.1. The molecule has 0 radical (unpaired) electrons. The molecule has 10 nitrogen and oxygen atoms in total. The minimum absolute atomic E-state index is 0.0311. The average molecular weight is 468 g/mol. The third kappa shape index (κ3) is 4.95. The zero-order valence-corrected chi connectivity index (χ0v) is 17.9. The van der Waals surface area contributed by atoms with Crippen molar-refractivity contribution >= 4 is 5.91 Å². The molecule has 2 heterocycles. The van der Waals surface area contributed by atoms with Crippen molar-refractivity contribution in [3.8, 4) is 17.2 Å². The number of benzene rings is 2. The standard InChI is InChI=1S/C22H18F2N6O4/c1-29-21(32)19(27-30(22(29)33)16-8-6-15(24)7-9-16)20-26-18(34-28-20)11-10-17(31)25-12-13-2-4-14(23)5-3-13/h2-9H,10-12H2,1H3,(H,25,31). The van der Waals surface area contributed by atoms with E-state index in [-0.39, 0.29) is 54.2 Å². The fourth-order valence-corrected chi connectivity index (χ4v) is 3.03. The smallest absolute Gasteiger partial charge is 0.351 e. The maximum Gasteiger partial charge on any atom is 0.351 e. The van der Waals surface area contributed by atoms with Gasteiger partial charge in [-0.25, -0.2) is 13.6 Å². The number of halogens is 2. The van der Waals surface area contributed by atoms with Gasteiger partial charge in [-0.15, -0.1) is 0 Å². The summed E-state index contributed by atoms with van der Waals surface area (Å²) in [5, 5.41) is 10.5. The molecule has 0 aliphatic heterocycles. The van der Waals surface area contributed by atoms with Crippen molar-refractivity contribution in [2.24, 2.45) is 7.05 Å². The van der Waals surface area contributed by atoms with Gasteiger partial charge in [0.25, 0.3) is 5.56 Å². The van der Waals surface area contributed by atoms with Crippen LogP contribution in [0.25, 0.3) is 17.2 Å². The van der Waals surface area contributed by atoms with Crippen LogP contribution in [0.5, 0.6) is 0 Å². The molecule has 4 rings (SSSR count). The van der Waals surface area contributed by atoms with Crippen molar-refractivity contribution in [2.75, 3.05) is 0 Å². The molecule has 174 valence electrons. The molecule has 4 aromatic rings. The number of hydrogen-bond donors (Lipinski definition) is 1. The largest absolute Gasteiger partial charge is 0.352 e. The van der Waals surface area contributed by atoms with E-state index in [1.54, 1.807) is 12.1 Å². The van der Waals surface area contributed by atoms with Gasteiger partial charge < -0.3 is 9.84 Å². The molecule has 0 unspecified atom stereocenters. The monoisotopic (exact) mass is 468 g/mol. The molecule has 0 aliphatic rings. The van der Waals surface area contributed by atoms with Crippen molar-refractivity contribution in [3.05, 3.63) is 92.5 Å². The molecule has 0 saturated carbocycles. The second kappa shape index (κ2) is 9.57. The van der Waals surface area contributed by atoms with Gasteiger partial charge in [0, 0.05) is 26.4 Å². The van der Waals surface area contributed by atoms with Crippen molar-refractivity contribution < 1.29 is 18.1 Å². The molecule has 2 aromatic heterocycles. The first-order chi connectivity index (χ1) is 16.3. The lowest BCUT2D eigenvalue weighted by Gasteiger charge is -2.07. The molecule has 12 heteroatoms. The van der Waals surface area contributed by atoms with Crippen LogP contribution < -0.4 is 16.6 Å². The number of nitrogens with one attached hydrogen (secondary N) is 1. The normalized spacial score (nSPS) is 10.9. The number of aryl methyl sites for hydroxylation is 1. The van der Waals surface area contributed by atoms with Gasteiger partial charge in [-0.2, -0.15) is 14.8 Å². The molecule has 0 saturated heterocycles. The van der Waals surface area contributed by atoms with Crippen molar-refractivity contribution in [1.82, 2.24) is 29.8 Å². The predicted octanol–water partition coefficient (Wildman–Crippen LogP) is 1.51. The molecule has 34 heavy (non-hydrogen) atoms. The van der Waals surface area contributed by atoms with Gasteiger partial charge in [-0.05, 0) is 42.0 Å². The van der Waals surface area contributed by atoms with Crippen molar-refractivity contribution in [2.45, 2.75) is 19.4 Å². The number of carbonyl (C=O) groups excluding carboxylic acids is 1. The molecule has 0 fully saturated rings. The summed E-state index contributed by atoms with van der Waals surface area (Å²) in [4.78, 5) is 41.2. The molecule has 1 N–H and O–H groups in total. The SMILES string of the molecule is Cn1c(=O)c(-c2noc(CCC(=O)NCc3ccc(F)cc3)n2)nn(-c2ccc(F)cc2)c1=O. The molecular formula is C22H18F2N6O4. The molecule has 1 amide bonds. The Bertz CT molecular complexity index is 1440. The molecule has 0 atom stereocenters. The van der Waals surface area contributed by atoms with Gasteiger partial charge in [0.2, 0.25) is 17.6 Å². The summed E-state index contributed by atoms with van der Waals surface area (Å²) in [6.07, 6.45) is 0.128. The highest BCUT2D eigenvalue weighted by Crippen LogP contribution is 2.11. The van der Waals surface area contributed by atoms with E-state index >= 15 is 0 Å². The summed E-state index contributed by atoms with van der Waals surface area (Å²) in [5.74, 6) is -1.21. The van der Waals surface area contributed by atoms with Crippen LogP contribution in [0.15, 0.2) is 62.6 Å². The number of rotatable bonds is 7. The third-order valence-electron chi connectivity index (χ3n) is 4.90. The van der Waals surface area contributed by atoms with Crippen LogP contribution in [0.4, 0.5) is 8.78 Å². The predicted molar refractivity (Wildman–Crippen MR) is 115 cm³/mol. The van der Waals surface area contributed by atoms with Crippen LogP contribution in [0, 0.1) is 11.6 Å². The van der Waals surface area contributed by atoms with Crippen molar-refractivity contribution in [1.29, 1.82) is 0 Å². The van der Waals surface area contributed by atoms with Gasteiger partial charge in [0.15, 0.2) is 5.69 Å². The number of carbonyl (C=O) groups is 1. The Labute approximate surface area is 190 Å². The lowest BCUT2D eigenvalue weighted by atomic mass is 10.2. The number of amides is 1. The highest BCUT2D eigenvalue weighted by Gasteiger charge is 2.19. The zero-order chi connectivity index (χ0) is 24.2. The first-order valence-corrected chi connectivity index (χ1v) is 10.1. The van der Waals surface area contributed by atoms with Gasteiger partial charge in [-0.1, -0.05) is 17.3 Å². The highest BCUT2D eigenvalue weighted by atomic mass is 19.1. The molecule has 0 bridgehead atoms. The third-order valence-corrected chi connectivity index (χ3v) is 4.90. The lowest BCUT2D eigenvalue weighted by molar-refractivity contribution is -0.121. The van der Waals surface area contributed by atoms with E-state index in [1.165, 1.54) is 31.3 Å². The van der Waals surface area contributed by atoms with E-state index in [0.717, 1.165) is 26.9 Å². The van der Waals surface area contributed by atoms with Crippen LogP contribution in [0.3, 0.4) is 0 Å². The minimum Gasteiger partial charge on any atom is -0.352 e. The van der Waals surface area contributed by atoms with Gasteiger partial charge in [-0.3, -0.25) is 14.2 Å². The second-order valence-corrected chi connectivity index (χ2v) is 7.30. The Morgan fingerprint density at radius 1 is 1.03 bits per heavy atom. The van der Waals surface area contributed by atoms with E-state index in [0.29, 0.717) is 0 Å². The van der Waals surface area contributed by atoms with Gasteiger partial charge >= 0.3 is 5.69 Å². The fourth-order valence-electron chi connectivity index (χ4n) is 3.03. The number of nitrogens with zero attached hydrogens (tertiary/aromatic N) is 5. The number of aromatic nitrogens is 5. The topological polar surface area (TPSA) is 125 Å². The lowest BCUT2D eigenvalue weighted by Crippen LogP contribution is -2.40. The molecular weight excluding hydrogens is 450 g/mol. The van der Waals surface area contributed by atoms with Gasteiger partial charge in [0.05, 0.1) is 5.69 Å². The second-order valence-electron chi connectivity index (χ2n) is 7.30. The Balaban J connectivity index is 1.47. The van der Waals surface area contributed by atoms with Crippen LogP contribution >= 0.6 is 0 Å². The average Bonchev–Trinajstić information content (AvgIpc) is 3.30. The van der Waals surface area contributed by atoms with E-state index in [4.69, 9.17) is 4.52 Å². The minimum atomic E-state index is -0.743. The molecule has 0 aliphatic carbocycles. The van der Waals surface area contributed by atoms with Crippen molar-refractivity contribution in [3.63, 3.8) is 0 Å². The van der Waals surface area contributed by atoms with Gasteiger partial charge in [0.1, 0.15) is 11.6 Å².